The molecular formula is C16H19NO3. The average Bonchev–Trinajstić information content (AvgIpc) is 2.76. The Kier molecular flexibility index (Phi) is 3.05. The number of benzene rings is 1. The van der Waals surface area contributed by atoms with Gasteiger partial charge in [0.1, 0.15) is 5.58 Å². The third kappa shape index (κ3) is 2.00. The lowest BCUT2D eigenvalue weighted by atomic mass is 10.0. The Bertz CT molecular complexity index is 657. The summed E-state index contributed by atoms with van der Waals surface area (Å²) in [7, 11) is 0. The first-order valence-corrected chi connectivity index (χ1v) is 6.88. The summed E-state index contributed by atoms with van der Waals surface area (Å²) < 4.78 is 11.2. The van der Waals surface area contributed by atoms with Crippen LogP contribution in [0.15, 0.2) is 28.7 Å². The van der Waals surface area contributed by atoms with Gasteiger partial charge in [-0.25, -0.2) is 0 Å². The highest BCUT2D eigenvalue weighted by Crippen LogP contribution is 2.29. The van der Waals surface area contributed by atoms with Gasteiger partial charge in [0.25, 0.3) is 5.91 Å². The molecule has 0 radical (unpaired) electrons. The summed E-state index contributed by atoms with van der Waals surface area (Å²) in [6.07, 6.45) is 0. The van der Waals surface area contributed by atoms with Crippen LogP contribution in [0.5, 0.6) is 0 Å². The average molecular weight is 273 g/mol. The fraction of sp³-hybridized carbons (Fsp3) is 0.438. The van der Waals surface area contributed by atoms with Crippen molar-refractivity contribution in [2.75, 3.05) is 19.8 Å². The predicted octanol–water partition coefficient (Wildman–Crippen LogP) is 2.99. The fourth-order valence-corrected chi connectivity index (χ4v) is 2.74. The number of carbonyl (C=O) groups is 1. The number of hydrogen-bond acceptors (Lipinski definition) is 3. The van der Waals surface area contributed by atoms with Crippen LogP contribution in [0.25, 0.3) is 11.0 Å². The SMILES string of the molecule is Cc1c(C(=O)N2CCOCC2(C)C)oc2ccccc12. The minimum Gasteiger partial charge on any atom is -0.451 e. The zero-order valence-corrected chi connectivity index (χ0v) is 12.1. The van der Waals surface area contributed by atoms with E-state index >= 15 is 0 Å². The molecule has 0 N–H and O–H groups in total. The van der Waals surface area contributed by atoms with Crippen LogP contribution in [0.4, 0.5) is 0 Å². The molecule has 1 saturated heterocycles. The number of fused-ring (bicyclic) bond motifs is 1. The minimum absolute atomic E-state index is 0.0491. The van der Waals surface area contributed by atoms with E-state index < -0.39 is 0 Å². The van der Waals surface area contributed by atoms with E-state index in [9.17, 15) is 4.79 Å². The molecule has 4 nitrogen and oxygen atoms in total. The van der Waals surface area contributed by atoms with Crippen LogP contribution in [-0.2, 0) is 4.74 Å². The first-order valence-electron chi connectivity index (χ1n) is 6.88. The molecule has 4 heteroatoms. The number of nitrogens with zero attached hydrogens (tertiary/aromatic N) is 1. The van der Waals surface area contributed by atoms with E-state index in [2.05, 4.69) is 0 Å². The van der Waals surface area contributed by atoms with Gasteiger partial charge in [0.2, 0.25) is 0 Å². The molecule has 0 bridgehead atoms. The summed E-state index contributed by atoms with van der Waals surface area (Å²) in [4.78, 5) is 14.6. The third-order valence-electron chi connectivity index (χ3n) is 3.93. The van der Waals surface area contributed by atoms with Gasteiger partial charge in [-0.2, -0.15) is 0 Å². The maximum Gasteiger partial charge on any atom is 0.290 e. The summed E-state index contributed by atoms with van der Waals surface area (Å²) >= 11 is 0. The molecule has 3 rings (SSSR count). The van der Waals surface area contributed by atoms with Crippen molar-refractivity contribution in [3.63, 3.8) is 0 Å². The van der Waals surface area contributed by atoms with E-state index in [4.69, 9.17) is 9.15 Å². The molecule has 0 atom stereocenters. The van der Waals surface area contributed by atoms with Crippen LogP contribution in [-0.4, -0.2) is 36.1 Å². The number of aryl methyl sites for hydroxylation is 1. The Morgan fingerprint density at radius 2 is 2.05 bits per heavy atom. The number of para-hydroxylation sites is 1. The highest BCUT2D eigenvalue weighted by Gasteiger charge is 2.36. The molecule has 1 fully saturated rings. The van der Waals surface area contributed by atoms with Crippen molar-refractivity contribution < 1.29 is 13.9 Å². The quantitative estimate of drug-likeness (QED) is 0.802. The smallest absolute Gasteiger partial charge is 0.290 e. The van der Waals surface area contributed by atoms with Crippen molar-refractivity contribution in [1.82, 2.24) is 4.90 Å². The zero-order chi connectivity index (χ0) is 14.3. The van der Waals surface area contributed by atoms with E-state index in [-0.39, 0.29) is 11.4 Å². The summed E-state index contributed by atoms with van der Waals surface area (Å²) in [5.74, 6) is 0.396. The van der Waals surface area contributed by atoms with Crippen molar-refractivity contribution in [3.8, 4) is 0 Å². The standard InChI is InChI=1S/C16H19NO3/c1-11-12-6-4-5-7-13(12)20-14(11)15(18)17-8-9-19-10-16(17,2)3/h4-7H,8-10H2,1-3H3. The summed E-state index contributed by atoms with van der Waals surface area (Å²) in [5.41, 5.74) is 1.37. The normalized spacial score (nSPS) is 18.4. The second-order valence-corrected chi connectivity index (χ2v) is 5.87. The molecule has 106 valence electrons. The second-order valence-electron chi connectivity index (χ2n) is 5.87. The van der Waals surface area contributed by atoms with Crippen molar-refractivity contribution in [1.29, 1.82) is 0 Å². The van der Waals surface area contributed by atoms with Gasteiger partial charge in [-0.1, -0.05) is 18.2 Å². The highest BCUT2D eigenvalue weighted by atomic mass is 16.5. The molecular weight excluding hydrogens is 254 g/mol. The number of furan rings is 1. The Morgan fingerprint density at radius 3 is 2.75 bits per heavy atom. The van der Waals surface area contributed by atoms with Gasteiger partial charge in [0, 0.05) is 17.5 Å². The van der Waals surface area contributed by atoms with E-state index in [1.54, 1.807) is 0 Å². The summed E-state index contributed by atoms with van der Waals surface area (Å²) in [5, 5.41) is 1.00. The number of morpholine rings is 1. The number of amides is 1. The van der Waals surface area contributed by atoms with Gasteiger partial charge >= 0.3 is 0 Å². The predicted molar refractivity (Wildman–Crippen MR) is 76.9 cm³/mol. The van der Waals surface area contributed by atoms with Gasteiger partial charge in [0.15, 0.2) is 5.76 Å². The number of rotatable bonds is 1. The van der Waals surface area contributed by atoms with Gasteiger partial charge in [-0.3, -0.25) is 4.79 Å². The molecule has 0 saturated carbocycles. The third-order valence-corrected chi connectivity index (χ3v) is 3.93. The first kappa shape index (κ1) is 13.2. The molecule has 2 aromatic rings. The van der Waals surface area contributed by atoms with Crippen molar-refractivity contribution in [3.05, 3.63) is 35.6 Å². The Balaban J connectivity index is 2.02. The van der Waals surface area contributed by atoms with E-state index in [0.717, 1.165) is 16.5 Å². The monoisotopic (exact) mass is 273 g/mol. The van der Waals surface area contributed by atoms with Gasteiger partial charge in [0.05, 0.1) is 18.8 Å². The number of ether oxygens (including phenoxy) is 1. The van der Waals surface area contributed by atoms with Crippen molar-refractivity contribution in [2.45, 2.75) is 26.3 Å². The molecule has 1 aromatic heterocycles. The number of carbonyl (C=O) groups excluding carboxylic acids is 1. The highest BCUT2D eigenvalue weighted by molar-refractivity contribution is 5.99. The number of hydrogen-bond donors (Lipinski definition) is 0. The zero-order valence-electron chi connectivity index (χ0n) is 12.1. The van der Waals surface area contributed by atoms with Crippen molar-refractivity contribution >= 4 is 16.9 Å². The Labute approximate surface area is 118 Å². The van der Waals surface area contributed by atoms with E-state index in [1.165, 1.54) is 0 Å². The second kappa shape index (κ2) is 4.63. The first-order chi connectivity index (χ1) is 9.50. The Hall–Kier alpha value is -1.81. The maximum atomic E-state index is 12.8. The van der Waals surface area contributed by atoms with E-state index in [1.807, 2.05) is 49.9 Å². The van der Waals surface area contributed by atoms with Gasteiger partial charge < -0.3 is 14.1 Å². The van der Waals surface area contributed by atoms with E-state index in [0.29, 0.717) is 25.5 Å². The van der Waals surface area contributed by atoms with Gasteiger partial charge in [-0.05, 0) is 26.8 Å². The lowest BCUT2D eigenvalue weighted by Gasteiger charge is -2.41. The molecule has 1 aliphatic rings. The van der Waals surface area contributed by atoms with Crippen LogP contribution in [0.1, 0.15) is 30.0 Å². The molecule has 0 spiro atoms. The topological polar surface area (TPSA) is 42.7 Å². The molecule has 0 unspecified atom stereocenters. The molecule has 2 heterocycles. The van der Waals surface area contributed by atoms with Crippen LogP contribution in [0, 0.1) is 6.92 Å². The Morgan fingerprint density at radius 1 is 1.30 bits per heavy atom. The maximum absolute atomic E-state index is 12.8. The molecule has 20 heavy (non-hydrogen) atoms. The molecule has 1 amide bonds. The lowest BCUT2D eigenvalue weighted by molar-refractivity contribution is -0.0382. The van der Waals surface area contributed by atoms with Crippen LogP contribution in [0.3, 0.4) is 0 Å². The molecule has 0 aliphatic carbocycles. The summed E-state index contributed by atoms with van der Waals surface area (Å²) in [6.45, 7) is 7.70. The fourth-order valence-electron chi connectivity index (χ4n) is 2.74. The molecule has 1 aliphatic heterocycles. The van der Waals surface area contributed by atoms with Crippen LogP contribution < -0.4 is 0 Å². The minimum atomic E-state index is -0.305. The summed E-state index contributed by atoms with van der Waals surface area (Å²) in [6, 6.07) is 7.74. The van der Waals surface area contributed by atoms with Crippen LogP contribution >= 0.6 is 0 Å². The van der Waals surface area contributed by atoms with Crippen molar-refractivity contribution in [2.24, 2.45) is 0 Å². The largest absolute Gasteiger partial charge is 0.451 e. The molecule has 1 aromatic carbocycles. The lowest BCUT2D eigenvalue weighted by Crippen LogP contribution is -2.55. The van der Waals surface area contributed by atoms with Gasteiger partial charge in [-0.15, -0.1) is 0 Å². The van der Waals surface area contributed by atoms with Crippen LogP contribution in [0.2, 0.25) is 0 Å².